The molecule has 0 unspecified atom stereocenters. The number of nitrogens with one attached hydrogen (secondary N) is 1. The SMILES string of the molecule is COCNCC(=O)N1CCC(C)(C)C1. The average molecular weight is 200 g/mol. The van der Waals surface area contributed by atoms with Gasteiger partial charge in [-0.15, -0.1) is 0 Å². The summed E-state index contributed by atoms with van der Waals surface area (Å²) < 4.78 is 4.81. The number of likely N-dealkylation sites (tertiary alicyclic amines) is 1. The molecule has 0 aromatic rings. The maximum absolute atomic E-state index is 11.6. The first-order valence-electron chi connectivity index (χ1n) is 5.02. The number of ether oxygens (including phenoxy) is 1. The van der Waals surface area contributed by atoms with E-state index < -0.39 is 0 Å². The minimum absolute atomic E-state index is 0.174. The monoisotopic (exact) mass is 200 g/mol. The van der Waals surface area contributed by atoms with E-state index in [4.69, 9.17) is 4.74 Å². The van der Waals surface area contributed by atoms with Crippen molar-refractivity contribution < 1.29 is 9.53 Å². The predicted octanol–water partition coefficient (Wildman–Crippen LogP) is 0.438. The summed E-state index contributed by atoms with van der Waals surface area (Å²) in [7, 11) is 1.61. The van der Waals surface area contributed by atoms with Gasteiger partial charge in [0.2, 0.25) is 5.91 Å². The van der Waals surface area contributed by atoms with E-state index in [1.54, 1.807) is 7.11 Å². The van der Waals surface area contributed by atoms with Crippen LogP contribution in [0.1, 0.15) is 20.3 Å². The van der Waals surface area contributed by atoms with Crippen LogP contribution in [0.25, 0.3) is 0 Å². The van der Waals surface area contributed by atoms with E-state index in [0.717, 1.165) is 19.5 Å². The summed E-state index contributed by atoms with van der Waals surface area (Å²) in [4.78, 5) is 13.5. The molecule has 0 radical (unpaired) electrons. The number of methoxy groups -OCH3 is 1. The molecule has 1 rings (SSSR count). The van der Waals surface area contributed by atoms with Gasteiger partial charge in [0, 0.05) is 20.2 Å². The number of hydrogen-bond donors (Lipinski definition) is 1. The highest BCUT2D eigenvalue weighted by atomic mass is 16.5. The Balaban J connectivity index is 2.25. The van der Waals surface area contributed by atoms with Crippen molar-refractivity contribution in [1.82, 2.24) is 10.2 Å². The predicted molar refractivity (Wildman–Crippen MR) is 54.9 cm³/mol. The first kappa shape index (κ1) is 11.5. The zero-order valence-electron chi connectivity index (χ0n) is 9.30. The van der Waals surface area contributed by atoms with Crippen LogP contribution in [0, 0.1) is 5.41 Å². The second-order valence-corrected chi connectivity index (χ2v) is 4.59. The minimum atomic E-state index is 0.174. The van der Waals surface area contributed by atoms with Crippen molar-refractivity contribution in [3.63, 3.8) is 0 Å². The maximum Gasteiger partial charge on any atom is 0.236 e. The number of amides is 1. The van der Waals surface area contributed by atoms with Crippen LogP contribution in [0.5, 0.6) is 0 Å². The van der Waals surface area contributed by atoms with Crippen LogP contribution in [-0.2, 0) is 9.53 Å². The van der Waals surface area contributed by atoms with E-state index in [0.29, 0.717) is 13.3 Å². The highest BCUT2D eigenvalue weighted by Gasteiger charge is 2.31. The smallest absolute Gasteiger partial charge is 0.236 e. The second kappa shape index (κ2) is 4.75. The topological polar surface area (TPSA) is 41.6 Å². The molecule has 0 aromatic heterocycles. The molecule has 1 amide bonds. The third-order valence-corrected chi connectivity index (χ3v) is 2.55. The summed E-state index contributed by atoms with van der Waals surface area (Å²) in [6.45, 7) is 6.97. The van der Waals surface area contributed by atoms with E-state index in [1.165, 1.54) is 0 Å². The average Bonchev–Trinajstić information content (AvgIpc) is 2.46. The van der Waals surface area contributed by atoms with Crippen molar-refractivity contribution in [3.8, 4) is 0 Å². The molecule has 1 saturated heterocycles. The van der Waals surface area contributed by atoms with Crippen LogP contribution in [0.3, 0.4) is 0 Å². The molecule has 1 aliphatic heterocycles. The van der Waals surface area contributed by atoms with Crippen molar-refractivity contribution in [2.75, 3.05) is 33.5 Å². The highest BCUT2D eigenvalue weighted by molar-refractivity contribution is 5.78. The molecule has 0 bridgehead atoms. The number of hydrogen-bond acceptors (Lipinski definition) is 3. The standard InChI is InChI=1S/C10H20N2O2/c1-10(2)4-5-12(7-10)9(13)6-11-8-14-3/h11H,4-8H2,1-3H3. The Morgan fingerprint density at radius 2 is 2.29 bits per heavy atom. The summed E-state index contributed by atoms with van der Waals surface area (Å²) in [5.41, 5.74) is 0.289. The summed E-state index contributed by atoms with van der Waals surface area (Å²) in [5, 5.41) is 2.93. The lowest BCUT2D eigenvalue weighted by Gasteiger charge is -2.19. The lowest BCUT2D eigenvalue weighted by atomic mass is 9.93. The van der Waals surface area contributed by atoms with Gasteiger partial charge >= 0.3 is 0 Å². The van der Waals surface area contributed by atoms with Gasteiger partial charge in [-0.1, -0.05) is 13.8 Å². The van der Waals surface area contributed by atoms with E-state index in [1.807, 2.05) is 4.90 Å². The fraction of sp³-hybridized carbons (Fsp3) is 0.900. The normalized spacial score (nSPS) is 20.1. The van der Waals surface area contributed by atoms with Crippen molar-refractivity contribution in [1.29, 1.82) is 0 Å². The highest BCUT2D eigenvalue weighted by Crippen LogP contribution is 2.28. The van der Waals surface area contributed by atoms with Gasteiger partial charge in [-0.25, -0.2) is 0 Å². The van der Waals surface area contributed by atoms with Gasteiger partial charge in [-0.3, -0.25) is 10.1 Å². The van der Waals surface area contributed by atoms with Gasteiger partial charge in [-0.2, -0.15) is 0 Å². The Morgan fingerprint density at radius 1 is 1.57 bits per heavy atom. The molecule has 1 aliphatic rings. The fourth-order valence-electron chi connectivity index (χ4n) is 1.70. The molecule has 1 fully saturated rings. The van der Waals surface area contributed by atoms with Crippen LogP contribution in [-0.4, -0.2) is 44.3 Å². The third kappa shape index (κ3) is 3.27. The van der Waals surface area contributed by atoms with E-state index in [-0.39, 0.29) is 11.3 Å². The zero-order chi connectivity index (χ0) is 10.6. The van der Waals surface area contributed by atoms with Crippen molar-refractivity contribution in [2.45, 2.75) is 20.3 Å². The third-order valence-electron chi connectivity index (χ3n) is 2.55. The van der Waals surface area contributed by atoms with Crippen molar-refractivity contribution >= 4 is 5.91 Å². The molecule has 0 saturated carbocycles. The van der Waals surface area contributed by atoms with E-state index in [2.05, 4.69) is 19.2 Å². The number of carbonyl (C=O) groups excluding carboxylic acids is 1. The molecule has 0 atom stereocenters. The summed E-state index contributed by atoms with van der Waals surface area (Å²) in [5.74, 6) is 0.174. The first-order valence-corrected chi connectivity index (χ1v) is 5.02. The van der Waals surface area contributed by atoms with Gasteiger partial charge in [0.05, 0.1) is 13.3 Å². The Hall–Kier alpha value is -0.610. The molecule has 4 nitrogen and oxygen atoms in total. The lowest BCUT2D eigenvalue weighted by molar-refractivity contribution is -0.129. The van der Waals surface area contributed by atoms with Crippen LogP contribution in [0.4, 0.5) is 0 Å². The Kier molecular flexibility index (Phi) is 3.89. The first-order chi connectivity index (χ1) is 6.55. The molecular formula is C10H20N2O2. The fourth-order valence-corrected chi connectivity index (χ4v) is 1.70. The quantitative estimate of drug-likeness (QED) is 0.529. The Labute approximate surface area is 85.6 Å². The van der Waals surface area contributed by atoms with Crippen molar-refractivity contribution in [2.24, 2.45) is 5.41 Å². The number of carbonyl (C=O) groups is 1. The lowest BCUT2D eigenvalue weighted by Crippen LogP contribution is -2.38. The molecular weight excluding hydrogens is 180 g/mol. The van der Waals surface area contributed by atoms with Gasteiger partial charge in [0.15, 0.2) is 0 Å². The Morgan fingerprint density at radius 3 is 2.79 bits per heavy atom. The molecule has 1 N–H and O–H groups in total. The molecule has 82 valence electrons. The van der Waals surface area contributed by atoms with Crippen LogP contribution < -0.4 is 5.32 Å². The van der Waals surface area contributed by atoms with Gasteiger partial charge in [0.1, 0.15) is 0 Å². The number of rotatable bonds is 4. The van der Waals surface area contributed by atoms with Crippen LogP contribution in [0.2, 0.25) is 0 Å². The van der Waals surface area contributed by atoms with Crippen LogP contribution in [0.15, 0.2) is 0 Å². The van der Waals surface area contributed by atoms with Crippen LogP contribution >= 0.6 is 0 Å². The second-order valence-electron chi connectivity index (χ2n) is 4.59. The van der Waals surface area contributed by atoms with Gasteiger partial charge in [-0.05, 0) is 11.8 Å². The molecule has 0 aromatic carbocycles. The largest absolute Gasteiger partial charge is 0.370 e. The number of nitrogens with zero attached hydrogens (tertiary/aromatic N) is 1. The summed E-state index contributed by atoms with van der Waals surface area (Å²) >= 11 is 0. The summed E-state index contributed by atoms with van der Waals surface area (Å²) in [6.07, 6.45) is 1.10. The van der Waals surface area contributed by atoms with E-state index in [9.17, 15) is 4.79 Å². The van der Waals surface area contributed by atoms with E-state index >= 15 is 0 Å². The minimum Gasteiger partial charge on any atom is -0.370 e. The molecule has 1 heterocycles. The molecule has 0 spiro atoms. The maximum atomic E-state index is 11.6. The van der Waals surface area contributed by atoms with Crippen molar-refractivity contribution in [3.05, 3.63) is 0 Å². The summed E-state index contributed by atoms with van der Waals surface area (Å²) in [6, 6.07) is 0. The zero-order valence-corrected chi connectivity index (χ0v) is 9.30. The molecule has 4 heteroatoms. The molecule has 14 heavy (non-hydrogen) atoms. The molecule has 0 aliphatic carbocycles. The Bertz CT molecular complexity index is 204. The van der Waals surface area contributed by atoms with Gasteiger partial charge in [0.25, 0.3) is 0 Å². The van der Waals surface area contributed by atoms with Gasteiger partial charge < -0.3 is 9.64 Å².